The van der Waals surface area contributed by atoms with Crippen LogP contribution in [0.5, 0.6) is 0 Å². The Morgan fingerprint density at radius 2 is 0.724 bits per heavy atom. The summed E-state index contributed by atoms with van der Waals surface area (Å²) in [6.07, 6.45) is 82.9. The van der Waals surface area contributed by atoms with Gasteiger partial charge in [-0.3, -0.25) is 14.2 Å². The molecule has 0 heterocycles. The summed E-state index contributed by atoms with van der Waals surface area (Å²) in [7, 11) is 1.10. The fourth-order valence-corrected chi connectivity index (χ4v) is 7.85. The van der Waals surface area contributed by atoms with Gasteiger partial charge in [-0.1, -0.05) is 223 Å². The molecule has 2 unspecified atom stereocenters. The number of unbranched alkanes of at least 4 members (excludes halogenated alkanes) is 11. The fraction of sp³-hybridized carbons (Fsp3) is 0.576. The Hall–Kier alpha value is -4.37. The third-order valence-corrected chi connectivity index (χ3v) is 12.5. The summed E-state index contributed by atoms with van der Waals surface area (Å²) in [5, 5.41) is 0. The minimum Gasteiger partial charge on any atom is -0.756 e. The molecule has 2 atom stereocenters. The number of likely N-dealkylation sites (N-methyl/N-ethyl adjacent to an activating group) is 1. The second-order valence-electron chi connectivity index (χ2n) is 19.9. The van der Waals surface area contributed by atoms with Crippen molar-refractivity contribution in [1.82, 2.24) is 0 Å². The van der Waals surface area contributed by atoms with E-state index in [0.29, 0.717) is 30.3 Å². The molecule has 0 amide bonds. The van der Waals surface area contributed by atoms with E-state index >= 15 is 0 Å². The van der Waals surface area contributed by atoms with E-state index in [-0.39, 0.29) is 26.1 Å². The Labute approximate surface area is 465 Å². The highest BCUT2D eigenvalue weighted by atomic mass is 31.2. The molecule has 10 heteroatoms. The van der Waals surface area contributed by atoms with Crippen molar-refractivity contribution in [2.75, 3.05) is 47.5 Å². The quantitative estimate of drug-likeness (QED) is 0.0195. The van der Waals surface area contributed by atoms with Crippen LogP contribution in [0.2, 0.25) is 0 Å². The van der Waals surface area contributed by atoms with Gasteiger partial charge in [0.25, 0.3) is 7.82 Å². The highest BCUT2D eigenvalue weighted by Gasteiger charge is 2.21. The molecule has 0 N–H and O–H groups in total. The molecular formula is C66H106NO8P. The minimum atomic E-state index is -4.67. The summed E-state index contributed by atoms with van der Waals surface area (Å²) < 4.78 is 34.1. The second kappa shape index (κ2) is 55.4. The van der Waals surface area contributed by atoms with E-state index < -0.39 is 32.5 Å². The lowest BCUT2D eigenvalue weighted by molar-refractivity contribution is -0.870. The van der Waals surface area contributed by atoms with Crippen LogP contribution in [-0.4, -0.2) is 70.0 Å². The van der Waals surface area contributed by atoms with Crippen molar-refractivity contribution >= 4 is 19.8 Å². The van der Waals surface area contributed by atoms with E-state index in [1.165, 1.54) is 38.5 Å². The number of esters is 2. The fourth-order valence-electron chi connectivity index (χ4n) is 7.12. The number of allylic oxidation sites excluding steroid dienone is 26. The van der Waals surface area contributed by atoms with Gasteiger partial charge in [-0.2, -0.15) is 0 Å². The topological polar surface area (TPSA) is 111 Å². The predicted molar refractivity (Wildman–Crippen MR) is 323 cm³/mol. The van der Waals surface area contributed by atoms with Crippen molar-refractivity contribution in [3.63, 3.8) is 0 Å². The molecule has 0 aromatic carbocycles. The van der Waals surface area contributed by atoms with E-state index in [0.717, 1.165) is 109 Å². The summed E-state index contributed by atoms with van der Waals surface area (Å²) in [5.74, 6) is -0.922. The molecule has 0 spiro atoms. The molecule has 0 bridgehead atoms. The molecule has 0 aliphatic heterocycles. The first-order valence-electron chi connectivity index (χ1n) is 29.2. The lowest BCUT2D eigenvalue weighted by atomic mass is 10.1. The van der Waals surface area contributed by atoms with Crippen LogP contribution >= 0.6 is 7.82 Å². The Morgan fingerprint density at radius 3 is 1.09 bits per heavy atom. The molecule has 428 valence electrons. The Kier molecular flexibility index (Phi) is 52.2. The first-order valence-corrected chi connectivity index (χ1v) is 30.7. The lowest BCUT2D eigenvalue weighted by Crippen LogP contribution is -2.37. The maximum atomic E-state index is 12.8. The summed E-state index contributed by atoms with van der Waals surface area (Å²) in [4.78, 5) is 37.9. The molecule has 9 nitrogen and oxygen atoms in total. The molecule has 76 heavy (non-hydrogen) atoms. The summed E-state index contributed by atoms with van der Waals surface area (Å²) in [6.45, 7) is 3.91. The van der Waals surface area contributed by atoms with Crippen molar-refractivity contribution in [2.24, 2.45) is 0 Å². The normalized spacial score (nSPS) is 14.4. The van der Waals surface area contributed by atoms with Crippen LogP contribution in [0.25, 0.3) is 0 Å². The van der Waals surface area contributed by atoms with E-state index in [1.807, 2.05) is 27.2 Å². The number of nitrogens with zero attached hydrogens (tertiary/aromatic N) is 1. The van der Waals surface area contributed by atoms with Gasteiger partial charge in [0.05, 0.1) is 27.7 Å². The molecule has 0 aliphatic rings. The summed E-state index contributed by atoms with van der Waals surface area (Å²) in [6, 6.07) is 0. The molecule has 0 aromatic rings. The van der Waals surface area contributed by atoms with E-state index in [9.17, 15) is 19.0 Å². The molecule has 0 saturated heterocycles. The number of rotatable bonds is 51. The summed E-state index contributed by atoms with van der Waals surface area (Å²) in [5.41, 5.74) is 0. The zero-order chi connectivity index (χ0) is 55.6. The Morgan fingerprint density at radius 1 is 0.408 bits per heavy atom. The van der Waals surface area contributed by atoms with E-state index in [2.05, 4.69) is 166 Å². The van der Waals surface area contributed by atoms with Crippen molar-refractivity contribution in [2.45, 2.75) is 200 Å². The predicted octanol–water partition coefficient (Wildman–Crippen LogP) is 17.8. The molecule has 0 rings (SSSR count). The Bertz CT molecular complexity index is 1840. The van der Waals surface area contributed by atoms with Crippen LogP contribution in [0.1, 0.15) is 194 Å². The van der Waals surface area contributed by atoms with Crippen molar-refractivity contribution in [3.8, 4) is 0 Å². The number of carbonyl (C=O) groups excluding carboxylic acids is 2. The highest BCUT2D eigenvalue weighted by molar-refractivity contribution is 7.45. The molecule has 0 aromatic heterocycles. The summed E-state index contributed by atoms with van der Waals surface area (Å²) >= 11 is 0. The number of hydrogen-bond donors (Lipinski definition) is 0. The zero-order valence-corrected chi connectivity index (χ0v) is 49.3. The van der Waals surface area contributed by atoms with Crippen LogP contribution in [0, 0.1) is 0 Å². The van der Waals surface area contributed by atoms with Crippen molar-refractivity contribution < 1.29 is 42.1 Å². The van der Waals surface area contributed by atoms with Gasteiger partial charge in [0.2, 0.25) is 0 Å². The second-order valence-corrected chi connectivity index (χ2v) is 21.3. The standard InChI is InChI=1S/C66H106NO8P/c1-6-8-10-12-14-16-18-20-22-24-26-28-30-31-32-33-34-35-37-38-40-42-44-46-48-50-52-54-56-58-65(68)72-62-64(63-74-76(70,71)73-61-60-67(3,4)5)75-66(69)59-57-55-53-51-49-47-45-43-41-39-36-29-27-25-23-21-19-17-15-13-11-9-7-2/h8-11,14-17,20-23,26-29,31-32,34-35,39,41,45,47,51,53,64H,6-7,12-13,18-19,24-25,30,33,36-38,40,42-44,46,48-50,52,54-63H2,1-5H3/b10-8-,11-9-,16-14-,17-15-,22-20-,23-21-,28-26-,29-27-,32-31-,35-34-,41-39-,47-45-,53-51-. The Balaban J connectivity index is 4.30. The molecule has 0 aliphatic carbocycles. The third kappa shape index (κ3) is 58.9. The average molecular weight is 1070 g/mol. The van der Waals surface area contributed by atoms with Gasteiger partial charge in [0, 0.05) is 12.8 Å². The first kappa shape index (κ1) is 71.6. The van der Waals surface area contributed by atoms with Gasteiger partial charge < -0.3 is 27.9 Å². The molecule has 0 saturated carbocycles. The van der Waals surface area contributed by atoms with Gasteiger partial charge in [-0.25, -0.2) is 0 Å². The maximum Gasteiger partial charge on any atom is 0.306 e. The molecule has 0 fully saturated rings. The van der Waals surface area contributed by atoms with Crippen molar-refractivity contribution in [1.29, 1.82) is 0 Å². The van der Waals surface area contributed by atoms with Gasteiger partial charge in [-0.15, -0.1) is 0 Å². The van der Waals surface area contributed by atoms with Gasteiger partial charge in [0.15, 0.2) is 6.10 Å². The van der Waals surface area contributed by atoms with Crippen LogP contribution in [0.15, 0.2) is 158 Å². The monoisotopic (exact) mass is 1070 g/mol. The van der Waals surface area contributed by atoms with Crippen LogP contribution in [0.3, 0.4) is 0 Å². The number of hydrogen-bond acceptors (Lipinski definition) is 8. The molecular weight excluding hydrogens is 966 g/mol. The highest BCUT2D eigenvalue weighted by Crippen LogP contribution is 2.38. The number of ether oxygens (including phenoxy) is 2. The van der Waals surface area contributed by atoms with Gasteiger partial charge in [0.1, 0.15) is 19.8 Å². The largest absolute Gasteiger partial charge is 0.756 e. The zero-order valence-electron chi connectivity index (χ0n) is 48.4. The number of phosphoric ester groups is 1. The molecule has 0 radical (unpaired) electrons. The van der Waals surface area contributed by atoms with Gasteiger partial charge >= 0.3 is 11.9 Å². The SMILES string of the molecule is CC/C=C\C/C=C\C/C=C\C/C=C\C/C=C\C/C=C\C/C=C\CCCC(=O)OC(COC(=O)CCCCCCCCCCCC/C=C\C/C=C\C/C=C\C/C=C\C/C=C\C/C=C\CC)COP(=O)([O-])OCC[N+](C)(C)C. The van der Waals surface area contributed by atoms with Crippen LogP contribution in [0.4, 0.5) is 0 Å². The lowest BCUT2D eigenvalue weighted by Gasteiger charge is -2.28. The average Bonchev–Trinajstić information content (AvgIpc) is 3.38. The number of quaternary nitrogens is 1. The number of carbonyl (C=O) groups is 2. The first-order chi connectivity index (χ1) is 37.0. The van der Waals surface area contributed by atoms with Crippen LogP contribution < -0.4 is 4.89 Å². The third-order valence-electron chi connectivity index (χ3n) is 11.5. The smallest absolute Gasteiger partial charge is 0.306 e. The maximum absolute atomic E-state index is 12.8. The van der Waals surface area contributed by atoms with E-state index in [4.69, 9.17) is 18.5 Å². The van der Waals surface area contributed by atoms with E-state index in [1.54, 1.807) is 0 Å². The number of phosphoric acid groups is 1. The van der Waals surface area contributed by atoms with Gasteiger partial charge in [-0.05, 0) is 116 Å². The van der Waals surface area contributed by atoms with Crippen LogP contribution in [-0.2, 0) is 32.7 Å². The van der Waals surface area contributed by atoms with Crippen molar-refractivity contribution in [3.05, 3.63) is 158 Å². The minimum absolute atomic E-state index is 0.0519.